The zero-order valence-corrected chi connectivity index (χ0v) is 88.4. The van der Waals surface area contributed by atoms with Gasteiger partial charge in [0.25, 0.3) is 20.0 Å². The fourth-order valence-corrected chi connectivity index (χ4v) is 26.1. The molecule has 33 heteroatoms. The highest BCUT2D eigenvalue weighted by Crippen LogP contribution is 2.37. The van der Waals surface area contributed by atoms with Crippen molar-refractivity contribution >= 4 is 197 Å². The second-order valence-corrected chi connectivity index (χ2v) is 47.3. The Hall–Kier alpha value is -10.7. The second kappa shape index (κ2) is 48.1. The highest BCUT2D eigenvalue weighted by molar-refractivity contribution is 8.10. The number of anilines is 1. The number of sulfone groups is 1. The molecule has 7 aliphatic heterocycles. The number of ether oxygens (including phenoxy) is 1. The minimum Gasteiger partial charge on any atom is -0.489 e. The second-order valence-electron chi connectivity index (χ2n) is 35.3. The predicted octanol–water partition coefficient (Wildman–Crippen LogP) is 21.8. The van der Waals surface area contributed by atoms with Crippen LogP contribution in [0.3, 0.4) is 0 Å². The average molecular weight is 2060 g/mol. The standard InChI is InChI=1S/C20H18BNO5S2.C16H14BNO2.C15H15BO2S.C15H15BOS2.2C15H15BOS.C14H12BClO3S/c1-21-20-13-12-17(14-16(20)15-27-21)22(28(23,24)18-8-4-2-5-9-18)29(25,26)19-10-6-3-7-11-19;1-17-16-7-6-15(9-13(16)11-20-17)19-10-12-4-3-5-14(8-12)18-2;1-11-3-6-13(7-4-11)19(17)14-8-5-12-10-18-16(2)15(12)9-14;1-16-15-9-14(4-3-11(15)10-17-16)19-13-7-5-12(18-2)6-8-13;2*1-11-3-6-13(7-4-11)18-14-8-5-12-10-17-16(2)15(12)9-14;1-15-14-8-13(5-2-10(14)9-19-15)20(17,18)12-6-3-11(16)4-7-12/h2-14H,15H2,1H3;3-9H,10-11H2,1H3;2*3-9H,10H2,1-2H3;2*3-9H,10H2,1-2H3;2-8H,9H2,1H3. The van der Waals surface area contributed by atoms with Gasteiger partial charge in [0.15, 0.2) is 5.69 Å². The van der Waals surface area contributed by atoms with Crippen LogP contribution >= 0.6 is 58.6 Å². The Bertz CT molecular complexity index is 7320. The molecule has 1 unspecified atom stereocenters. The van der Waals surface area contributed by atoms with Crippen LogP contribution in [0.5, 0.6) is 5.75 Å². The van der Waals surface area contributed by atoms with Crippen LogP contribution in [0, 0.1) is 27.3 Å². The number of halogens is 1. The van der Waals surface area contributed by atoms with Crippen LogP contribution in [0.1, 0.15) is 61.2 Å². The summed E-state index contributed by atoms with van der Waals surface area (Å²) in [5, 5.41) is 0.514. The van der Waals surface area contributed by atoms with Gasteiger partial charge in [0.2, 0.25) is 9.84 Å². The van der Waals surface area contributed by atoms with E-state index in [0.717, 1.165) is 68.4 Å². The lowest BCUT2D eigenvalue weighted by Crippen LogP contribution is -2.37. The highest BCUT2D eigenvalue weighted by atomic mass is 35.5. The van der Waals surface area contributed by atoms with Gasteiger partial charge >= 0.3 is 48.4 Å². The zero-order chi connectivity index (χ0) is 101. The molecular weight excluding hydrogens is 1960 g/mol. The number of hydrogen-bond donors (Lipinski definition) is 0. The van der Waals surface area contributed by atoms with Crippen LogP contribution < -0.4 is 46.7 Å². The van der Waals surface area contributed by atoms with Crippen molar-refractivity contribution in [2.24, 2.45) is 0 Å². The third-order valence-electron chi connectivity index (χ3n) is 25.2. The monoisotopic (exact) mass is 2060 g/mol. The largest absolute Gasteiger partial charge is 0.489 e. The molecule has 0 N–H and O–H groups in total. The number of hydrogen-bond acceptors (Lipinski definition) is 19. The first-order chi connectivity index (χ1) is 68.9. The maximum atomic E-state index is 13.4. The van der Waals surface area contributed by atoms with Gasteiger partial charge in [-0.2, -0.15) is 3.71 Å². The summed E-state index contributed by atoms with van der Waals surface area (Å²) in [5.41, 5.74) is 22.0. The highest BCUT2D eigenvalue weighted by Gasteiger charge is 2.39. The van der Waals surface area contributed by atoms with Crippen molar-refractivity contribution < 1.29 is 66.8 Å². The summed E-state index contributed by atoms with van der Waals surface area (Å²) in [7, 11) is -13.4. The van der Waals surface area contributed by atoms with Gasteiger partial charge in [-0.1, -0.05) is 263 Å². The molecule has 17 nitrogen and oxygen atoms in total. The average Bonchev–Trinajstić information content (AvgIpc) is 1.50. The van der Waals surface area contributed by atoms with Gasteiger partial charge in [-0.3, -0.25) is 0 Å². The first-order valence-electron chi connectivity index (χ1n) is 46.9. The molecule has 0 saturated heterocycles. The maximum absolute atomic E-state index is 13.4. The van der Waals surface area contributed by atoms with E-state index < -0.39 is 40.7 Å². The summed E-state index contributed by atoms with van der Waals surface area (Å²) in [6.45, 7) is 33.2. The van der Waals surface area contributed by atoms with Crippen LogP contribution in [-0.4, -0.2) is 84.1 Å². The molecule has 15 aromatic rings. The zero-order valence-electron chi connectivity index (χ0n) is 81.1. The topological polar surface area (TPSA) is 201 Å². The minimum atomic E-state index is -4.39. The molecular formula is C110H104B7ClN2O15S8. The molecule has 1 atom stereocenters. The lowest BCUT2D eigenvalue weighted by molar-refractivity contribution is 0.303. The van der Waals surface area contributed by atoms with Crippen molar-refractivity contribution in [3.63, 3.8) is 0 Å². The quantitative estimate of drug-likeness (QED) is 0.0420. The van der Waals surface area contributed by atoms with Crippen molar-refractivity contribution in [1.82, 2.24) is 0 Å². The van der Waals surface area contributed by atoms with E-state index in [9.17, 15) is 29.5 Å². The SMILES string of the molecule is CB1OCc2cc(N(S(=O)(=O)c3ccccc3)S(=O)(=O)c3ccccc3)ccc21.CB1OCc2ccc(S(=O)(=O)c3ccc(Cl)cc3)cc21.CB1OCc2ccc(S(=O)c3ccc(C)cc3)cc21.CB1OCc2ccc(Sc3ccc(C)cc3)cc21.CB1OCc2ccc(Sc3ccc(C)cc3)cc21.CSc1ccc(Sc2ccc3c(c2)B(C)OC3)cc1.[C-]#[N+]c1cccc(COc2ccc3c(c2)COB3C)c1. The smallest absolute Gasteiger partial charge is 0.324 e. The van der Waals surface area contributed by atoms with Crippen LogP contribution in [-0.2, 0) is 126 Å². The molecule has 0 fully saturated rings. The van der Waals surface area contributed by atoms with E-state index in [4.69, 9.17) is 55.5 Å². The summed E-state index contributed by atoms with van der Waals surface area (Å²) < 4.78 is 137. The predicted molar refractivity (Wildman–Crippen MR) is 590 cm³/mol. The Morgan fingerprint density at radius 3 is 1.14 bits per heavy atom. The number of benzene rings is 15. The minimum absolute atomic E-state index is 0.0501. The number of sulfonamides is 2. The molecule has 0 spiro atoms. The molecule has 0 radical (unpaired) electrons. The Morgan fingerprint density at radius 2 is 0.699 bits per heavy atom. The van der Waals surface area contributed by atoms with E-state index in [1.54, 1.807) is 90.6 Å². The molecule has 0 amide bonds. The van der Waals surface area contributed by atoms with Crippen molar-refractivity contribution in [1.29, 1.82) is 0 Å². The van der Waals surface area contributed by atoms with Gasteiger partial charge in [0.1, 0.15) is 12.4 Å². The van der Waals surface area contributed by atoms with E-state index >= 15 is 0 Å². The molecule has 15 aromatic carbocycles. The Labute approximate surface area is 868 Å². The number of rotatable bonds is 19. The van der Waals surface area contributed by atoms with Gasteiger partial charge < -0.3 is 37.3 Å². The number of fused-ring (bicyclic) bond motifs is 7. The Morgan fingerprint density at radius 1 is 0.343 bits per heavy atom. The molecule has 0 saturated carbocycles. The molecule has 7 heterocycles. The van der Waals surface area contributed by atoms with E-state index in [1.807, 2.05) is 142 Å². The summed E-state index contributed by atoms with van der Waals surface area (Å²) in [4.78, 5) is 14.4. The summed E-state index contributed by atoms with van der Waals surface area (Å²) in [6, 6.07) is 105. The van der Waals surface area contributed by atoms with Crippen molar-refractivity contribution in [3.8, 4) is 5.75 Å². The fraction of sp³-hybridized carbons (Fsp3) is 0.173. The third kappa shape index (κ3) is 26.4. The van der Waals surface area contributed by atoms with Gasteiger partial charge in [0.05, 0.1) is 88.9 Å². The summed E-state index contributed by atoms with van der Waals surface area (Å²) in [5.74, 6) is 0.842. The maximum Gasteiger partial charge on any atom is 0.324 e. The normalized spacial score (nSPS) is 14.0. The first kappa shape index (κ1) is 105. The van der Waals surface area contributed by atoms with Crippen LogP contribution in [0.2, 0.25) is 52.8 Å². The van der Waals surface area contributed by atoms with Crippen molar-refractivity contribution in [3.05, 3.63) is 411 Å². The Kier molecular flexibility index (Phi) is 35.3. The lowest BCUT2D eigenvalue weighted by atomic mass is 9.64. The third-order valence-corrected chi connectivity index (χ3v) is 36.5. The van der Waals surface area contributed by atoms with E-state index in [1.165, 1.54) is 143 Å². The van der Waals surface area contributed by atoms with Gasteiger partial charge in [-0.25, -0.2) is 34.3 Å². The van der Waals surface area contributed by atoms with E-state index in [-0.39, 0.29) is 73.7 Å². The summed E-state index contributed by atoms with van der Waals surface area (Å²) >= 11 is 13.0. The van der Waals surface area contributed by atoms with Gasteiger partial charge in [-0.15, -0.1) is 11.8 Å². The molecule has 22 rings (SSSR count). The van der Waals surface area contributed by atoms with E-state index in [0.29, 0.717) is 47.5 Å². The van der Waals surface area contributed by atoms with Crippen LogP contribution in [0.4, 0.5) is 11.4 Å². The molecule has 0 aliphatic carbocycles. The van der Waals surface area contributed by atoms with Crippen LogP contribution in [0.25, 0.3) is 4.85 Å². The molecule has 720 valence electrons. The van der Waals surface area contributed by atoms with Gasteiger partial charge in [0, 0.05) is 49.1 Å². The van der Waals surface area contributed by atoms with Crippen molar-refractivity contribution in [2.75, 3.05) is 9.97 Å². The fourth-order valence-electron chi connectivity index (χ4n) is 16.9. The Balaban J connectivity index is 0.000000121. The molecule has 0 aromatic heterocycles. The van der Waals surface area contributed by atoms with Gasteiger partial charge in [-0.05, 0) is 292 Å². The van der Waals surface area contributed by atoms with E-state index in [2.05, 4.69) is 186 Å². The molecule has 143 heavy (non-hydrogen) atoms. The first-order valence-corrected chi connectivity index (χ1v) is 56.5. The number of aryl methyl sites for hydroxylation is 3. The lowest BCUT2D eigenvalue weighted by Gasteiger charge is -2.24. The van der Waals surface area contributed by atoms with Crippen molar-refractivity contribution in [2.45, 2.75) is 185 Å². The molecule has 0 bridgehead atoms. The number of nitrogens with zero attached hydrogens (tertiary/aromatic N) is 2. The number of thioether (sulfide) groups is 1. The summed E-state index contributed by atoms with van der Waals surface area (Å²) in [6.07, 6.45) is 2.10. The van der Waals surface area contributed by atoms with Crippen LogP contribution in [0.15, 0.2) is 397 Å². The molecule has 7 aliphatic rings.